The van der Waals surface area contributed by atoms with Crippen LogP contribution in [0.3, 0.4) is 0 Å². The molecule has 0 saturated heterocycles. The van der Waals surface area contributed by atoms with Crippen LogP contribution < -0.4 is 5.32 Å². The molecule has 1 aromatic heterocycles. The van der Waals surface area contributed by atoms with Gasteiger partial charge in [-0.15, -0.1) is 11.3 Å². The standard InChI is InChI=1S/C18H16N2OS/c1-2-13-7-3-4-8-14(13)19-17(21)11-12-18-20-15-9-5-6-10-16(15)22-18/h3-12H,2H2,1H3,(H,19,21)/b12-11+. The second-order valence-corrected chi connectivity index (χ2v) is 5.92. The number of fused-ring (bicyclic) bond motifs is 1. The summed E-state index contributed by atoms with van der Waals surface area (Å²) >= 11 is 1.58. The molecule has 2 aromatic carbocycles. The highest BCUT2D eigenvalue weighted by Gasteiger charge is 2.04. The molecule has 0 aliphatic heterocycles. The predicted octanol–water partition coefficient (Wildman–Crippen LogP) is 4.51. The lowest BCUT2D eigenvalue weighted by Crippen LogP contribution is -2.09. The Hall–Kier alpha value is -2.46. The SMILES string of the molecule is CCc1ccccc1NC(=O)/C=C/c1nc2ccccc2s1. The Morgan fingerprint density at radius 2 is 1.95 bits per heavy atom. The largest absolute Gasteiger partial charge is 0.322 e. The number of carbonyl (C=O) groups is 1. The number of aromatic nitrogens is 1. The number of aryl methyl sites for hydroxylation is 1. The molecule has 3 rings (SSSR count). The molecule has 0 radical (unpaired) electrons. The van der Waals surface area contributed by atoms with Crippen molar-refractivity contribution in [2.75, 3.05) is 5.32 Å². The van der Waals surface area contributed by atoms with Crippen molar-refractivity contribution in [2.24, 2.45) is 0 Å². The zero-order valence-corrected chi connectivity index (χ0v) is 13.1. The molecule has 1 N–H and O–H groups in total. The van der Waals surface area contributed by atoms with Gasteiger partial charge in [0, 0.05) is 11.8 Å². The first-order chi connectivity index (χ1) is 10.8. The molecule has 0 unspecified atom stereocenters. The summed E-state index contributed by atoms with van der Waals surface area (Å²) in [5, 5.41) is 3.75. The van der Waals surface area contributed by atoms with E-state index in [4.69, 9.17) is 0 Å². The smallest absolute Gasteiger partial charge is 0.248 e. The van der Waals surface area contributed by atoms with Crippen molar-refractivity contribution in [3.63, 3.8) is 0 Å². The zero-order valence-electron chi connectivity index (χ0n) is 12.2. The maximum Gasteiger partial charge on any atom is 0.248 e. The van der Waals surface area contributed by atoms with E-state index in [-0.39, 0.29) is 5.91 Å². The Balaban J connectivity index is 1.73. The average Bonchev–Trinajstić information content (AvgIpc) is 2.96. The lowest BCUT2D eigenvalue weighted by atomic mass is 10.1. The van der Waals surface area contributed by atoms with Gasteiger partial charge in [0.1, 0.15) is 5.01 Å². The van der Waals surface area contributed by atoms with Crippen molar-refractivity contribution in [1.29, 1.82) is 0 Å². The summed E-state index contributed by atoms with van der Waals surface area (Å²) in [4.78, 5) is 16.5. The van der Waals surface area contributed by atoms with Gasteiger partial charge in [-0.1, -0.05) is 37.3 Å². The number of anilines is 1. The summed E-state index contributed by atoms with van der Waals surface area (Å²) < 4.78 is 1.12. The van der Waals surface area contributed by atoms with Crippen molar-refractivity contribution in [1.82, 2.24) is 4.98 Å². The summed E-state index contributed by atoms with van der Waals surface area (Å²) in [6.45, 7) is 2.07. The highest BCUT2D eigenvalue weighted by Crippen LogP contribution is 2.22. The minimum Gasteiger partial charge on any atom is -0.322 e. The number of carbonyl (C=O) groups excluding carboxylic acids is 1. The normalized spacial score (nSPS) is 11.1. The highest BCUT2D eigenvalue weighted by molar-refractivity contribution is 7.19. The van der Waals surface area contributed by atoms with Crippen LogP contribution in [0.25, 0.3) is 16.3 Å². The molecule has 0 fully saturated rings. The first-order valence-corrected chi connectivity index (χ1v) is 8.00. The lowest BCUT2D eigenvalue weighted by molar-refractivity contribution is -0.111. The van der Waals surface area contributed by atoms with Crippen molar-refractivity contribution in [3.05, 3.63) is 65.2 Å². The van der Waals surface area contributed by atoms with Crippen LogP contribution in [0.4, 0.5) is 5.69 Å². The van der Waals surface area contributed by atoms with Gasteiger partial charge in [-0.2, -0.15) is 0 Å². The number of amides is 1. The Morgan fingerprint density at radius 1 is 1.18 bits per heavy atom. The van der Waals surface area contributed by atoms with E-state index >= 15 is 0 Å². The molecule has 110 valence electrons. The fourth-order valence-electron chi connectivity index (χ4n) is 2.23. The molecule has 3 aromatic rings. The predicted molar refractivity (Wildman–Crippen MR) is 93.1 cm³/mol. The van der Waals surface area contributed by atoms with Gasteiger partial charge in [-0.05, 0) is 36.3 Å². The molecule has 3 nitrogen and oxygen atoms in total. The topological polar surface area (TPSA) is 42.0 Å². The van der Waals surface area contributed by atoms with E-state index < -0.39 is 0 Å². The second kappa shape index (κ2) is 6.54. The van der Waals surface area contributed by atoms with E-state index in [1.807, 2.05) is 48.5 Å². The molecule has 0 spiro atoms. The van der Waals surface area contributed by atoms with Crippen LogP contribution in [0.5, 0.6) is 0 Å². The number of nitrogens with one attached hydrogen (secondary N) is 1. The van der Waals surface area contributed by atoms with Gasteiger partial charge in [0.2, 0.25) is 5.91 Å². The fourth-order valence-corrected chi connectivity index (χ4v) is 3.10. The van der Waals surface area contributed by atoms with E-state index in [1.165, 1.54) is 6.08 Å². The molecule has 22 heavy (non-hydrogen) atoms. The van der Waals surface area contributed by atoms with Gasteiger partial charge < -0.3 is 5.32 Å². The van der Waals surface area contributed by atoms with E-state index in [0.717, 1.165) is 32.9 Å². The second-order valence-electron chi connectivity index (χ2n) is 4.85. The number of benzene rings is 2. The maximum absolute atomic E-state index is 12.0. The molecular formula is C18H16N2OS. The first kappa shape index (κ1) is 14.5. The Kier molecular flexibility index (Phi) is 4.30. The third kappa shape index (κ3) is 3.23. The van der Waals surface area contributed by atoms with Crippen LogP contribution in [0.2, 0.25) is 0 Å². The molecule has 0 saturated carbocycles. The van der Waals surface area contributed by atoms with Crippen LogP contribution in [0, 0.1) is 0 Å². The molecule has 0 atom stereocenters. The molecule has 1 heterocycles. The third-order valence-electron chi connectivity index (χ3n) is 3.34. The van der Waals surface area contributed by atoms with Crippen LogP contribution in [-0.4, -0.2) is 10.9 Å². The quantitative estimate of drug-likeness (QED) is 0.720. The van der Waals surface area contributed by atoms with E-state index in [0.29, 0.717) is 0 Å². The van der Waals surface area contributed by atoms with Crippen molar-refractivity contribution < 1.29 is 4.79 Å². The average molecular weight is 308 g/mol. The Morgan fingerprint density at radius 3 is 2.77 bits per heavy atom. The van der Waals surface area contributed by atoms with Gasteiger partial charge >= 0.3 is 0 Å². The summed E-state index contributed by atoms with van der Waals surface area (Å²) in [6, 6.07) is 15.8. The summed E-state index contributed by atoms with van der Waals surface area (Å²) in [5.74, 6) is -0.139. The molecule has 0 aliphatic rings. The Bertz CT molecular complexity index is 803. The summed E-state index contributed by atoms with van der Waals surface area (Å²) in [7, 11) is 0. The molecule has 1 amide bonds. The number of hydrogen-bond acceptors (Lipinski definition) is 3. The molecular weight excluding hydrogens is 292 g/mol. The van der Waals surface area contributed by atoms with E-state index in [9.17, 15) is 4.79 Å². The van der Waals surface area contributed by atoms with Crippen LogP contribution in [-0.2, 0) is 11.2 Å². The third-order valence-corrected chi connectivity index (χ3v) is 4.35. The van der Waals surface area contributed by atoms with Gasteiger partial charge in [-0.3, -0.25) is 4.79 Å². The number of rotatable bonds is 4. The number of para-hydroxylation sites is 2. The molecule has 0 aliphatic carbocycles. The molecule has 0 bridgehead atoms. The number of thiazole rings is 1. The minimum atomic E-state index is -0.139. The molecule has 4 heteroatoms. The van der Waals surface area contributed by atoms with Gasteiger partial charge in [0.05, 0.1) is 10.2 Å². The number of nitrogens with zero attached hydrogens (tertiary/aromatic N) is 1. The van der Waals surface area contributed by atoms with Gasteiger partial charge in [0.15, 0.2) is 0 Å². The highest BCUT2D eigenvalue weighted by atomic mass is 32.1. The van der Waals surface area contributed by atoms with E-state index in [2.05, 4.69) is 17.2 Å². The summed E-state index contributed by atoms with van der Waals surface area (Å²) in [6.07, 6.45) is 4.18. The Labute approximate surface area is 133 Å². The first-order valence-electron chi connectivity index (χ1n) is 7.19. The zero-order chi connectivity index (χ0) is 15.4. The maximum atomic E-state index is 12.0. The summed E-state index contributed by atoms with van der Waals surface area (Å²) in [5.41, 5.74) is 2.96. The van der Waals surface area contributed by atoms with Crippen molar-refractivity contribution in [3.8, 4) is 0 Å². The fraction of sp³-hybridized carbons (Fsp3) is 0.111. The minimum absolute atomic E-state index is 0.139. The monoisotopic (exact) mass is 308 g/mol. The van der Waals surface area contributed by atoms with Crippen molar-refractivity contribution >= 4 is 39.2 Å². The van der Waals surface area contributed by atoms with Crippen molar-refractivity contribution in [2.45, 2.75) is 13.3 Å². The van der Waals surface area contributed by atoms with E-state index in [1.54, 1.807) is 17.4 Å². The van der Waals surface area contributed by atoms with Gasteiger partial charge in [0.25, 0.3) is 0 Å². The lowest BCUT2D eigenvalue weighted by Gasteiger charge is -2.07. The van der Waals surface area contributed by atoms with Crippen LogP contribution in [0.15, 0.2) is 54.6 Å². The van der Waals surface area contributed by atoms with Crippen LogP contribution >= 0.6 is 11.3 Å². The van der Waals surface area contributed by atoms with Gasteiger partial charge in [-0.25, -0.2) is 4.98 Å². The number of hydrogen-bond donors (Lipinski definition) is 1. The van der Waals surface area contributed by atoms with Crippen LogP contribution in [0.1, 0.15) is 17.5 Å².